The van der Waals surface area contributed by atoms with Crippen LogP contribution in [0.4, 0.5) is 0 Å². The second kappa shape index (κ2) is 30.2. The number of phosphoric ester groups is 1. The summed E-state index contributed by atoms with van der Waals surface area (Å²) in [6.07, 6.45) is 35.5. The van der Waals surface area contributed by atoms with E-state index in [1.54, 1.807) is 6.08 Å². The van der Waals surface area contributed by atoms with Crippen LogP contribution in [-0.4, -0.2) is 47.8 Å². The first-order valence-electron chi connectivity index (χ1n) is 16.4. The van der Waals surface area contributed by atoms with Gasteiger partial charge in [0.05, 0.1) is 25.4 Å². The van der Waals surface area contributed by atoms with Crippen LogP contribution in [-0.2, 0) is 18.4 Å². The molecule has 3 atom stereocenters. The summed E-state index contributed by atoms with van der Waals surface area (Å²) in [7, 11) is -4.34. The molecule has 0 bridgehead atoms. The van der Waals surface area contributed by atoms with Crippen molar-refractivity contribution in [3.05, 3.63) is 60.8 Å². The predicted octanol–water partition coefficient (Wildman–Crippen LogP) is 7.99. The van der Waals surface area contributed by atoms with Crippen molar-refractivity contribution < 1.29 is 28.4 Å². The van der Waals surface area contributed by atoms with Crippen LogP contribution < -0.4 is 11.1 Å². The maximum absolute atomic E-state index is 12.6. The van der Waals surface area contributed by atoms with E-state index in [1.165, 1.54) is 12.8 Å². The molecular formula is C34H61N2O6P. The fourth-order valence-corrected chi connectivity index (χ4v) is 4.79. The SMILES string of the molecule is CCC/C=C\C/C=C\CCCCCCCC(=O)NC(COP(=O)(O)OCCN)C(O)/C=C/CC/C=C/CC/C=C/CCC. The molecule has 0 aliphatic heterocycles. The normalized spacial score (nSPS) is 15.4. The lowest BCUT2D eigenvalue weighted by Crippen LogP contribution is -2.45. The Morgan fingerprint density at radius 2 is 1.30 bits per heavy atom. The maximum atomic E-state index is 12.6. The van der Waals surface area contributed by atoms with Gasteiger partial charge < -0.3 is 21.1 Å². The zero-order chi connectivity index (χ0) is 31.9. The van der Waals surface area contributed by atoms with E-state index in [9.17, 15) is 19.4 Å². The second-order valence-electron chi connectivity index (χ2n) is 10.6. The Hall–Kier alpha value is -1.80. The van der Waals surface area contributed by atoms with E-state index in [0.717, 1.165) is 83.5 Å². The standard InChI is InChI=1S/C34H61N2O6P/c1-3-5-7-9-11-13-15-16-18-20-22-24-26-28-34(38)36-32(31-42-43(39,40)41-30-29-35)33(37)27-25-23-21-19-17-14-12-10-8-6-4-2/h7-10,13,15,17,19,25,27,32-33,37H,3-6,11-12,14,16,18,20-24,26,28-31,35H2,1-2H3,(H,36,38)(H,39,40)/b9-7-,10-8+,15-13-,19-17+,27-25+. The van der Waals surface area contributed by atoms with Gasteiger partial charge in [-0.15, -0.1) is 0 Å². The molecule has 8 nitrogen and oxygen atoms in total. The number of allylic oxidation sites excluding steroid dienone is 9. The molecule has 0 aliphatic rings. The van der Waals surface area contributed by atoms with Gasteiger partial charge in [-0.3, -0.25) is 13.8 Å². The summed E-state index contributed by atoms with van der Waals surface area (Å²) in [5.74, 6) is -0.230. The van der Waals surface area contributed by atoms with E-state index in [-0.39, 0.29) is 25.7 Å². The molecule has 3 unspecified atom stereocenters. The molecule has 9 heteroatoms. The fraction of sp³-hybridized carbons (Fsp3) is 0.676. The van der Waals surface area contributed by atoms with Crippen molar-refractivity contribution in [3.8, 4) is 0 Å². The summed E-state index contributed by atoms with van der Waals surface area (Å²) in [5.41, 5.74) is 5.33. The molecule has 0 aliphatic carbocycles. The molecule has 0 rings (SSSR count). The summed E-state index contributed by atoms with van der Waals surface area (Å²) < 4.78 is 21.9. The Morgan fingerprint density at radius 3 is 1.93 bits per heavy atom. The first kappa shape index (κ1) is 41.2. The first-order chi connectivity index (χ1) is 20.9. The number of aliphatic hydroxyl groups excluding tert-OH is 1. The molecule has 0 saturated heterocycles. The lowest BCUT2D eigenvalue weighted by atomic mass is 10.1. The van der Waals surface area contributed by atoms with E-state index >= 15 is 0 Å². The van der Waals surface area contributed by atoms with Gasteiger partial charge in [0.15, 0.2) is 0 Å². The number of aliphatic hydroxyl groups is 1. The van der Waals surface area contributed by atoms with Crippen molar-refractivity contribution in [1.82, 2.24) is 5.32 Å². The van der Waals surface area contributed by atoms with Crippen LogP contribution >= 0.6 is 7.82 Å². The van der Waals surface area contributed by atoms with E-state index in [2.05, 4.69) is 67.8 Å². The van der Waals surface area contributed by atoms with Crippen molar-refractivity contribution in [2.24, 2.45) is 5.73 Å². The fourth-order valence-electron chi connectivity index (χ4n) is 4.03. The van der Waals surface area contributed by atoms with Crippen molar-refractivity contribution in [2.45, 2.75) is 129 Å². The minimum atomic E-state index is -4.34. The summed E-state index contributed by atoms with van der Waals surface area (Å²) in [6.45, 7) is 3.90. The molecule has 0 heterocycles. The number of unbranched alkanes of at least 4 members (excludes halogenated alkanes) is 9. The van der Waals surface area contributed by atoms with Gasteiger partial charge in [-0.2, -0.15) is 0 Å². The monoisotopic (exact) mass is 624 g/mol. The average molecular weight is 625 g/mol. The zero-order valence-electron chi connectivity index (χ0n) is 26.9. The van der Waals surface area contributed by atoms with E-state index in [4.69, 9.17) is 14.8 Å². The van der Waals surface area contributed by atoms with Crippen LogP contribution in [0.15, 0.2) is 60.8 Å². The van der Waals surface area contributed by atoms with Gasteiger partial charge in [-0.05, 0) is 64.2 Å². The van der Waals surface area contributed by atoms with E-state index < -0.39 is 20.0 Å². The van der Waals surface area contributed by atoms with Gasteiger partial charge in [-0.25, -0.2) is 4.57 Å². The van der Waals surface area contributed by atoms with E-state index in [0.29, 0.717) is 6.42 Å². The maximum Gasteiger partial charge on any atom is 0.472 e. The number of amides is 1. The third kappa shape index (κ3) is 28.7. The Balaban J connectivity index is 4.52. The van der Waals surface area contributed by atoms with Crippen molar-refractivity contribution in [2.75, 3.05) is 19.8 Å². The molecule has 1 amide bonds. The van der Waals surface area contributed by atoms with Gasteiger partial charge in [-0.1, -0.05) is 107 Å². The van der Waals surface area contributed by atoms with Crippen LogP contribution in [0.2, 0.25) is 0 Å². The molecule has 0 aromatic heterocycles. The Kier molecular flexibility index (Phi) is 29.0. The quantitative estimate of drug-likeness (QED) is 0.0377. The van der Waals surface area contributed by atoms with Crippen molar-refractivity contribution in [3.63, 3.8) is 0 Å². The topological polar surface area (TPSA) is 131 Å². The first-order valence-corrected chi connectivity index (χ1v) is 17.9. The molecule has 0 aromatic rings. The largest absolute Gasteiger partial charge is 0.472 e. The summed E-state index contributed by atoms with van der Waals surface area (Å²) >= 11 is 0. The highest BCUT2D eigenvalue weighted by atomic mass is 31.2. The minimum Gasteiger partial charge on any atom is -0.387 e. The predicted molar refractivity (Wildman–Crippen MR) is 180 cm³/mol. The van der Waals surface area contributed by atoms with E-state index in [1.807, 2.05) is 6.08 Å². The third-order valence-corrected chi connectivity index (χ3v) is 7.49. The lowest BCUT2D eigenvalue weighted by molar-refractivity contribution is -0.123. The van der Waals surface area contributed by atoms with Gasteiger partial charge in [0.25, 0.3) is 0 Å². The van der Waals surface area contributed by atoms with Crippen LogP contribution in [0.25, 0.3) is 0 Å². The number of phosphoric acid groups is 1. The molecule has 5 N–H and O–H groups in total. The Bertz CT molecular complexity index is 856. The lowest BCUT2D eigenvalue weighted by Gasteiger charge is -2.23. The van der Waals surface area contributed by atoms with Crippen LogP contribution in [0.5, 0.6) is 0 Å². The smallest absolute Gasteiger partial charge is 0.387 e. The Labute approximate surface area is 262 Å². The number of rotatable bonds is 29. The molecule has 248 valence electrons. The van der Waals surface area contributed by atoms with Crippen molar-refractivity contribution in [1.29, 1.82) is 0 Å². The number of carbonyl (C=O) groups excluding carboxylic acids is 1. The van der Waals surface area contributed by atoms with Crippen LogP contribution in [0.3, 0.4) is 0 Å². The molecule has 0 aromatic carbocycles. The minimum absolute atomic E-state index is 0.0663. The molecule has 0 saturated carbocycles. The van der Waals surface area contributed by atoms with Gasteiger partial charge in [0.1, 0.15) is 0 Å². The number of nitrogens with two attached hydrogens (primary N) is 1. The van der Waals surface area contributed by atoms with Crippen LogP contribution in [0, 0.1) is 0 Å². The third-order valence-electron chi connectivity index (χ3n) is 6.51. The number of hydrogen-bond acceptors (Lipinski definition) is 6. The molecule has 0 spiro atoms. The van der Waals surface area contributed by atoms with Crippen molar-refractivity contribution >= 4 is 13.7 Å². The summed E-state index contributed by atoms with van der Waals surface area (Å²) in [4.78, 5) is 22.5. The number of nitrogens with one attached hydrogen (secondary N) is 1. The van der Waals surface area contributed by atoms with Gasteiger partial charge in [0.2, 0.25) is 5.91 Å². The molecule has 43 heavy (non-hydrogen) atoms. The number of carbonyl (C=O) groups is 1. The Morgan fingerprint density at radius 1 is 0.767 bits per heavy atom. The highest BCUT2D eigenvalue weighted by Crippen LogP contribution is 2.43. The second-order valence-corrected chi connectivity index (χ2v) is 12.1. The summed E-state index contributed by atoms with van der Waals surface area (Å²) in [5, 5.41) is 13.5. The van der Waals surface area contributed by atoms with Gasteiger partial charge >= 0.3 is 7.82 Å². The molecule has 0 radical (unpaired) electrons. The zero-order valence-corrected chi connectivity index (χ0v) is 27.8. The molecular weight excluding hydrogens is 563 g/mol. The summed E-state index contributed by atoms with van der Waals surface area (Å²) in [6, 6.07) is -0.889. The van der Waals surface area contributed by atoms with Gasteiger partial charge in [0, 0.05) is 13.0 Å². The van der Waals surface area contributed by atoms with Crippen LogP contribution in [0.1, 0.15) is 117 Å². The average Bonchev–Trinajstić information content (AvgIpc) is 2.99. The highest BCUT2D eigenvalue weighted by Gasteiger charge is 2.26. The molecule has 0 fully saturated rings. The highest BCUT2D eigenvalue weighted by molar-refractivity contribution is 7.47. The number of hydrogen-bond donors (Lipinski definition) is 4.